The Morgan fingerprint density at radius 3 is 2.36 bits per heavy atom. The summed E-state index contributed by atoms with van der Waals surface area (Å²) < 4.78 is 6.93. The maximum atomic E-state index is 13.0. The van der Waals surface area contributed by atoms with Gasteiger partial charge in [0.1, 0.15) is 11.4 Å². The summed E-state index contributed by atoms with van der Waals surface area (Å²) in [6, 6.07) is 20.6. The van der Waals surface area contributed by atoms with Gasteiger partial charge in [-0.05, 0) is 48.5 Å². The second-order valence-electron chi connectivity index (χ2n) is 6.09. The molecule has 0 radical (unpaired) electrons. The molecule has 138 valence electrons. The van der Waals surface area contributed by atoms with Gasteiger partial charge < -0.3 is 10.1 Å². The molecule has 2 aromatic heterocycles. The maximum absolute atomic E-state index is 13.0. The van der Waals surface area contributed by atoms with Crippen molar-refractivity contribution in [2.45, 2.75) is 0 Å². The van der Waals surface area contributed by atoms with Crippen molar-refractivity contribution in [2.24, 2.45) is 0 Å². The van der Waals surface area contributed by atoms with E-state index in [4.69, 9.17) is 4.74 Å². The zero-order chi connectivity index (χ0) is 19.3. The van der Waals surface area contributed by atoms with E-state index in [2.05, 4.69) is 15.4 Å². The highest BCUT2D eigenvalue weighted by Gasteiger charge is 2.19. The molecule has 0 aliphatic heterocycles. The summed E-state index contributed by atoms with van der Waals surface area (Å²) in [4.78, 5) is 16.9. The molecular weight excluding hydrogens is 352 g/mol. The summed E-state index contributed by atoms with van der Waals surface area (Å²) in [5, 5.41) is 7.57. The van der Waals surface area contributed by atoms with Crippen LogP contribution in [0.25, 0.3) is 16.9 Å². The van der Waals surface area contributed by atoms with E-state index in [1.165, 1.54) is 0 Å². The first kappa shape index (κ1) is 17.5. The highest BCUT2D eigenvalue weighted by molar-refractivity contribution is 6.08. The molecule has 28 heavy (non-hydrogen) atoms. The number of hydrogen-bond acceptors (Lipinski definition) is 4. The standard InChI is InChI=1S/C22H18N4O2/c1-28-19-9-7-16(8-10-19)21-20(22(27)24-17-11-13-23-14-12-17)15-26(25-21)18-5-3-2-4-6-18/h2-15H,1H3,(H,23,24,27). The largest absolute Gasteiger partial charge is 0.497 e. The molecule has 0 aliphatic rings. The quantitative estimate of drug-likeness (QED) is 0.572. The predicted molar refractivity (Wildman–Crippen MR) is 108 cm³/mol. The van der Waals surface area contributed by atoms with Crippen molar-refractivity contribution in [3.8, 4) is 22.7 Å². The number of amides is 1. The van der Waals surface area contributed by atoms with Crippen molar-refractivity contribution in [1.29, 1.82) is 0 Å². The van der Waals surface area contributed by atoms with E-state index >= 15 is 0 Å². The Balaban J connectivity index is 1.76. The van der Waals surface area contributed by atoms with Crippen LogP contribution in [0.15, 0.2) is 85.3 Å². The van der Waals surface area contributed by atoms with Crippen molar-refractivity contribution < 1.29 is 9.53 Å². The van der Waals surface area contributed by atoms with Crippen molar-refractivity contribution >= 4 is 11.6 Å². The summed E-state index contributed by atoms with van der Waals surface area (Å²) in [5.74, 6) is 0.508. The summed E-state index contributed by atoms with van der Waals surface area (Å²) >= 11 is 0. The molecule has 0 aliphatic carbocycles. The Kier molecular flexibility index (Phi) is 4.84. The van der Waals surface area contributed by atoms with Crippen LogP contribution in [0, 0.1) is 0 Å². The molecular formula is C22H18N4O2. The molecule has 2 heterocycles. The topological polar surface area (TPSA) is 69.0 Å². The lowest BCUT2D eigenvalue weighted by Crippen LogP contribution is -2.12. The van der Waals surface area contributed by atoms with Crippen LogP contribution < -0.4 is 10.1 Å². The molecule has 0 bridgehead atoms. The number of rotatable bonds is 5. The van der Waals surface area contributed by atoms with Gasteiger partial charge in [-0.2, -0.15) is 5.10 Å². The Morgan fingerprint density at radius 1 is 0.964 bits per heavy atom. The number of nitrogens with zero attached hydrogens (tertiary/aromatic N) is 3. The van der Waals surface area contributed by atoms with Crippen LogP contribution in [-0.2, 0) is 0 Å². The number of carbonyl (C=O) groups excluding carboxylic acids is 1. The maximum Gasteiger partial charge on any atom is 0.259 e. The van der Waals surface area contributed by atoms with E-state index < -0.39 is 0 Å². The van der Waals surface area contributed by atoms with Crippen LogP contribution in [0.5, 0.6) is 5.75 Å². The average Bonchev–Trinajstić information content (AvgIpc) is 3.21. The van der Waals surface area contributed by atoms with Crippen molar-refractivity contribution in [1.82, 2.24) is 14.8 Å². The monoisotopic (exact) mass is 370 g/mol. The normalized spacial score (nSPS) is 10.5. The summed E-state index contributed by atoms with van der Waals surface area (Å²) in [6.45, 7) is 0. The number of carbonyl (C=O) groups is 1. The van der Waals surface area contributed by atoms with Crippen LogP contribution in [-0.4, -0.2) is 27.8 Å². The Hall–Kier alpha value is -3.93. The van der Waals surface area contributed by atoms with Crippen LogP contribution in [0.4, 0.5) is 5.69 Å². The first-order chi connectivity index (χ1) is 13.7. The smallest absolute Gasteiger partial charge is 0.259 e. The SMILES string of the molecule is COc1ccc(-c2nn(-c3ccccc3)cc2C(=O)Nc2ccncc2)cc1. The first-order valence-electron chi connectivity index (χ1n) is 8.75. The lowest BCUT2D eigenvalue weighted by molar-refractivity contribution is 0.102. The minimum absolute atomic E-state index is 0.237. The number of ether oxygens (including phenoxy) is 1. The number of methoxy groups -OCH3 is 1. The molecule has 6 heteroatoms. The van der Waals surface area contributed by atoms with Crippen LogP contribution >= 0.6 is 0 Å². The minimum Gasteiger partial charge on any atom is -0.497 e. The number of nitrogens with one attached hydrogen (secondary N) is 1. The molecule has 1 N–H and O–H groups in total. The molecule has 4 aromatic rings. The molecule has 4 rings (SSSR count). The number of para-hydroxylation sites is 1. The fraction of sp³-hybridized carbons (Fsp3) is 0.0455. The number of benzene rings is 2. The second kappa shape index (κ2) is 7.75. The van der Waals surface area contributed by atoms with Crippen molar-refractivity contribution in [2.75, 3.05) is 12.4 Å². The van der Waals surface area contributed by atoms with Crippen molar-refractivity contribution in [3.63, 3.8) is 0 Å². The summed E-state index contributed by atoms with van der Waals surface area (Å²) in [7, 11) is 1.62. The van der Waals surface area contributed by atoms with E-state index in [0.717, 1.165) is 17.0 Å². The fourth-order valence-electron chi connectivity index (χ4n) is 2.85. The Labute approximate surface area is 162 Å². The van der Waals surface area contributed by atoms with E-state index in [1.807, 2.05) is 54.6 Å². The number of hydrogen-bond donors (Lipinski definition) is 1. The molecule has 0 saturated heterocycles. The van der Waals surface area contributed by atoms with Gasteiger partial charge in [-0.25, -0.2) is 4.68 Å². The van der Waals surface area contributed by atoms with Gasteiger partial charge in [0.25, 0.3) is 5.91 Å². The molecule has 2 aromatic carbocycles. The lowest BCUT2D eigenvalue weighted by atomic mass is 10.1. The van der Waals surface area contributed by atoms with Gasteiger partial charge in [0.2, 0.25) is 0 Å². The average molecular weight is 370 g/mol. The molecule has 0 unspecified atom stereocenters. The van der Waals surface area contributed by atoms with Crippen LogP contribution in [0.2, 0.25) is 0 Å². The zero-order valence-electron chi connectivity index (χ0n) is 15.2. The van der Waals surface area contributed by atoms with Crippen LogP contribution in [0.1, 0.15) is 10.4 Å². The first-order valence-corrected chi connectivity index (χ1v) is 8.75. The molecule has 1 amide bonds. The third-order valence-corrected chi connectivity index (χ3v) is 4.28. The van der Waals surface area contributed by atoms with Crippen LogP contribution in [0.3, 0.4) is 0 Å². The molecule has 0 spiro atoms. The van der Waals surface area contributed by atoms with E-state index in [1.54, 1.807) is 42.5 Å². The van der Waals surface area contributed by atoms with Gasteiger partial charge in [-0.15, -0.1) is 0 Å². The van der Waals surface area contributed by atoms with E-state index in [9.17, 15) is 4.79 Å². The van der Waals surface area contributed by atoms with Gasteiger partial charge >= 0.3 is 0 Å². The zero-order valence-corrected chi connectivity index (χ0v) is 15.2. The van der Waals surface area contributed by atoms with Crippen molar-refractivity contribution in [3.05, 3.63) is 90.9 Å². The number of anilines is 1. The van der Waals surface area contributed by atoms with E-state index in [-0.39, 0.29) is 5.91 Å². The molecule has 0 fully saturated rings. The highest BCUT2D eigenvalue weighted by atomic mass is 16.5. The predicted octanol–water partition coefficient (Wildman–Crippen LogP) is 4.20. The van der Waals surface area contributed by atoms with Gasteiger partial charge in [0.05, 0.1) is 18.4 Å². The van der Waals surface area contributed by atoms with E-state index in [0.29, 0.717) is 16.9 Å². The number of pyridine rings is 1. The van der Waals surface area contributed by atoms with Gasteiger partial charge in [0, 0.05) is 29.8 Å². The second-order valence-corrected chi connectivity index (χ2v) is 6.09. The van der Waals surface area contributed by atoms with Gasteiger partial charge in [-0.1, -0.05) is 18.2 Å². The third kappa shape index (κ3) is 3.61. The Bertz CT molecular complexity index is 1070. The molecule has 0 atom stereocenters. The fourth-order valence-corrected chi connectivity index (χ4v) is 2.85. The highest BCUT2D eigenvalue weighted by Crippen LogP contribution is 2.26. The third-order valence-electron chi connectivity index (χ3n) is 4.28. The minimum atomic E-state index is -0.237. The Morgan fingerprint density at radius 2 is 1.68 bits per heavy atom. The van der Waals surface area contributed by atoms with Gasteiger partial charge in [-0.3, -0.25) is 9.78 Å². The summed E-state index contributed by atoms with van der Waals surface area (Å²) in [5.41, 5.74) is 3.45. The molecule has 0 saturated carbocycles. The molecule has 6 nitrogen and oxygen atoms in total. The lowest BCUT2D eigenvalue weighted by Gasteiger charge is -2.06. The van der Waals surface area contributed by atoms with Gasteiger partial charge in [0.15, 0.2) is 0 Å². The summed E-state index contributed by atoms with van der Waals surface area (Å²) in [6.07, 6.45) is 5.01. The number of aromatic nitrogens is 3.